The number of hydrogen-bond donors (Lipinski definition) is 0. The molecule has 2 atom stereocenters. The van der Waals surface area contributed by atoms with Crippen LogP contribution in [0.3, 0.4) is 0 Å². The molecule has 0 amide bonds. The van der Waals surface area contributed by atoms with Crippen LogP contribution in [0.4, 0.5) is 0 Å². The van der Waals surface area contributed by atoms with Crippen molar-refractivity contribution in [1.29, 1.82) is 5.26 Å². The van der Waals surface area contributed by atoms with Crippen LogP contribution in [-0.4, -0.2) is 9.04 Å². The maximum atomic E-state index is 10.6. The first-order valence-corrected chi connectivity index (χ1v) is 5.66. The number of hydrogen-bond acceptors (Lipinski definition) is 1. The molecule has 0 aromatic carbocycles. The standard InChI is InChI=1S/C6H12NOSi/c1-6(5-7)3-4-9(2)8/h6,9H,3-4H2,1-2H3. The number of nitrogens with zero attached hydrogens (tertiary/aromatic N) is 1. The lowest BCUT2D eigenvalue weighted by atomic mass is 10.1. The van der Waals surface area contributed by atoms with Gasteiger partial charge in [0, 0.05) is 5.92 Å². The second kappa shape index (κ2) is 4.54. The molecule has 0 rings (SSSR count). The van der Waals surface area contributed by atoms with E-state index in [0.717, 1.165) is 12.5 Å². The molecular weight excluding hydrogens is 130 g/mol. The zero-order valence-electron chi connectivity index (χ0n) is 5.92. The van der Waals surface area contributed by atoms with Crippen molar-refractivity contribution >= 4 is 9.04 Å². The van der Waals surface area contributed by atoms with Crippen LogP contribution >= 0.6 is 0 Å². The smallest absolute Gasteiger partial charge is 0.219 e. The normalized spacial score (nSPS) is 16.2. The third-order valence-corrected chi connectivity index (χ3v) is 2.37. The van der Waals surface area contributed by atoms with E-state index >= 15 is 0 Å². The minimum absolute atomic E-state index is 0.0777. The van der Waals surface area contributed by atoms with Crippen LogP contribution in [-0.2, 0) is 4.80 Å². The van der Waals surface area contributed by atoms with Crippen LogP contribution in [0.15, 0.2) is 0 Å². The lowest BCUT2D eigenvalue weighted by molar-refractivity contribution is 0.447. The summed E-state index contributed by atoms with van der Waals surface area (Å²) in [6.45, 7) is 3.63. The fraction of sp³-hybridized carbons (Fsp3) is 0.833. The van der Waals surface area contributed by atoms with E-state index in [-0.39, 0.29) is 5.92 Å². The summed E-state index contributed by atoms with van der Waals surface area (Å²) in [5.41, 5.74) is 0. The van der Waals surface area contributed by atoms with Crippen LogP contribution in [0.1, 0.15) is 13.3 Å². The second-order valence-corrected chi connectivity index (χ2v) is 4.62. The van der Waals surface area contributed by atoms with Crippen LogP contribution < -0.4 is 0 Å². The largest absolute Gasteiger partial charge is 0.302 e. The summed E-state index contributed by atoms with van der Waals surface area (Å²) in [6, 6.07) is 2.86. The van der Waals surface area contributed by atoms with Gasteiger partial charge >= 0.3 is 0 Å². The van der Waals surface area contributed by atoms with Gasteiger partial charge in [0.25, 0.3) is 0 Å². The topological polar surface area (TPSA) is 43.7 Å². The van der Waals surface area contributed by atoms with Crippen molar-refractivity contribution in [2.45, 2.75) is 25.9 Å². The molecule has 0 saturated carbocycles. The van der Waals surface area contributed by atoms with Gasteiger partial charge in [-0.15, -0.1) is 0 Å². The summed E-state index contributed by atoms with van der Waals surface area (Å²) in [6.07, 6.45) is 0.799. The minimum atomic E-state index is -1.64. The van der Waals surface area contributed by atoms with Crippen LogP contribution in [0.25, 0.3) is 0 Å². The Balaban J connectivity index is 3.19. The Labute approximate surface area is 57.9 Å². The van der Waals surface area contributed by atoms with E-state index in [1.807, 2.05) is 6.92 Å². The molecule has 0 aliphatic heterocycles. The van der Waals surface area contributed by atoms with E-state index in [4.69, 9.17) is 5.26 Å². The van der Waals surface area contributed by atoms with Crippen LogP contribution in [0.2, 0.25) is 12.6 Å². The minimum Gasteiger partial charge on any atom is -0.302 e. The van der Waals surface area contributed by atoms with Crippen molar-refractivity contribution in [2.24, 2.45) is 5.92 Å². The summed E-state index contributed by atoms with van der Waals surface area (Å²) in [5, 5.41) is 8.31. The Morgan fingerprint density at radius 3 is 2.67 bits per heavy atom. The van der Waals surface area contributed by atoms with E-state index in [9.17, 15) is 4.80 Å². The molecule has 0 aliphatic rings. The lowest BCUT2D eigenvalue weighted by Crippen LogP contribution is -2.04. The van der Waals surface area contributed by atoms with Crippen molar-refractivity contribution in [3.05, 3.63) is 0 Å². The molecule has 0 aliphatic carbocycles. The Kier molecular flexibility index (Phi) is 4.37. The van der Waals surface area contributed by atoms with E-state index in [1.165, 1.54) is 0 Å². The average Bonchev–Trinajstić information content (AvgIpc) is 1.83. The predicted molar refractivity (Wildman–Crippen MR) is 37.9 cm³/mol. The van der Waals surface area contributed by atoms with Gasteiger partial charge in [-0.2, -0.15) is 5.26 Å². The number of rotatable bonds is 3. The summed E-state index contributed by atoms with van der Waals surface area (Å²) >= 11 is 0. The van der Waals surface area contributed by atoms with Crippen molar-refractivity contribution in [3.8, 4) is 6.07 Å². The van der Waals surface area contributed by atoms with Gasteiger partial charge in [-0.1, -0.05) is 0 Å². The average molecular weight is 142 g/mol. The molecule has 2 nitrogen and oxygen atoms in total. The molecule has 0 aromatic heterocycles. The maximum absolute atomic E-state index is 10.6. The lowest BCUT2D eigenvalue weighted by Gasteiger charge is -1.99. The van der Waals surface area contributed by atoms with Gasteiger partial charge in [-0.05, 0) is 25.9 Å². The molecule has 0 spiro atoms. The summed E-state index contributed by atoms with van der Waals surface area (Å²) in [4.78, 5) is 10.6. The highest BCUT2D eigenvalue weighted by molar-refractivity contribution is 6.48. The summed E-state index contributed by atoms with van der Waals surface area (Å²) in [5.74, 6) is 0.0777. The Bertz CT molecular complexity index is 108. The van der Waals surface area contributed by atoms with Gasteiger partial charge in [-0.25, -0.2) is 0 Å². The molecular formula is C6H12NOSi. The molecule has 9 heavy (non-hydrogen) atoms. The quantitative estimate of drug-likeness (QED) is 0.548. The van der Waals surface area contributed by atoms with Gasteiger partial charge in [0.2, 0.25) is 9.04 Å². The molecule has 0 bridgehead atoms. The highest BCUT2D eigenvalue weighted by Crippen LogP contribution is 2.05. The molecule has 0 N–H and O–H groups in total. The van der Waals surface area contributed by atoms with Crippen molar-refractivity contribution in [3.63, 3.8) is 0 Å². The molecule has 0 aromatic rings. The second-order valence-electron chi connectivity index (χ2n) is 2.42. The first kappa shape index (κ1) is 8.67. The van der Waals surface area contributed by atoms with E-state index in [1.54, 1.807) is 6.55 Å². The van der Waals surface area contributed by atoms with Crippen molar-refractivity contribution in [1.82, 2.24) is 0 Å². The van der Waals surface area contributed by atoms with Crippen molar-refractivity contribution in [2.75, 3.05) is 0 Å². The SMILES string of the molecule is CC(C#N)CC[SiH](C)[O]. The Morgan fingerprint density at radius 2 is 2.33 bits per heavy atom. The number of nitriles is 1. The predicted octanol–water partition coefficient (Wildman–Crippen LogP) is 1.32. The summed E-state index contributed by atoms with van der Waals surface area (Å²) in [7, 11) is -1.64. The maximum Gasteiger partial charge on any atom is 0.219 e. The molecule has 51 valence electrons. The van der Waals surface area contributed by atoms with Crippen LogP contribution in [0.5, 0.6) is 0 Å². The van der Waals surface area contributed by atoms with Gasteiger partial charge in [0.05, 0.1) is 6.07 Å². The Morgan fingerprint density at radius 1 is 1.78 bits per heavy atom. The zero-order chi connectivity index (χ0) is 7.28. The third-order valence-electron chi connectivity index (χ3n) is 1.23. The van der Waals surface area contributed by atoms with E-state index in [2.05, 4.69) is 6.07 Å². The van der Waals surface area contributed by atoms with Gasteiger partial charge in [0.1, 0.15) is 0 Å². The summed E-state index contributed by atoms with van der Waals surface area (Å²) < 4.78 is 0. The fourth-order valence-corrected chi connectivity index (χ4v) is 1.52. The highest BCUT2D eigenvalue weighted by atomic mass is 28.3. The molecule has 0 heterocycles. The third kappa shape index (κ3) is 5.54. The highest BCUT2D eigenvalue weighted by Gasteiger charge is 2.04. The first-order chi connectivity index (χ1) is 4.16. The van der Waals surface area contributed by atoms with Crippen LogP contribution in [0, 0.1) is 17.2 Å². The molecule has 0 fully saturated rings. The van der Waals surface area contributed by atoms with Gasteiger partial charge in [-0.3, -0.25) is 0 Å². The molecule has 2 unspecified atom stereocenters. The molecule has 3 heteroatoms. The van der Waals surface area contributed by atoms with Gasteiger partial charge < -0.3 is 4.80 Å². The molecule has 1 radical (unpaired) electrons. The van der Waals surface area contributed by atoms with E-state index in [0.29, 0.717) is 0 Å². The van der Waals surface area contributed by atoms with Gasteiger partial charge in [0.15, 0.2) is 0 Å². The van der Waals surface area contributed by atoms with Crippen molar-refractivity contribution < 1.29 is 4.80 Å². The molecule has 0 saturated heterocycles. The Hall–Kier alpha value is -0.333. The fourth-order valence-electron chi connectivity index (χ4n) is 0.549. The van der Waals surface area contributed by atoms with E-state index < -0.39 is 9.04 Å². The zero-order valence-corrected chi connectivity index (χ0v) is 7.08. The first-order valence-electron chi connectivity index (χ1n) is 3.22. The monoisotopic (exact) mass is 142 g/mol.